The second-order valence-corrected chi connectivity index (χ2v) is 9.77. The predicted molar refractivity (Wildman–Crippen MR) is 129 cm³/mol. The van der Waals surface area contributed by atoms with Crippen LogP contribution in [0.25, 0.3) is 20.3 Å². The summed E-state index contributed by atoms with van der Waals surface area (Å²) >= 11 is 2.78. The summed E-state index contributed by atoms with van der Waals surface area (Å²) in [5.41, 5.74) is 1.70. The van der Waals surface area contributed by atoms with E-state index in [1.807, 2.05) is 54.6 Å². The van der Waals surface area contributed by atoms with Gasteiger partial charge in [-0.2, -0.15) is 0 Å². The van der Waals surface area contributed by atoms with E-state index in [4.69, 9.17) is 9.72 Å². The maximum absolute atomic E-state index is 13.4. The van der Waals surface area contributed by atoms with Gasteiger partial charge in [0.05, 0.1) is 23.9 Å². The summed E-state index contributed by atoms with van der Waals surface area (Å²) in [6.07, 6.45) is 1.94. The van der Waals surface area contributed by atoms with Crippen LogP contribution in [0.2, 0.25) is 0 Å². The van der Waals surface area contributed by atoms with Crippen molar-refractivity contribution in [1.29, 1.82) is 0 Å². The maximum Gasteiger partial charge on any atom is 0.272 e. The first-order chi connectivity index (χ1) is 15.7. The molecule has 32 heavy (non-hydrogen) atoms. The molecule has 164 valence electrons. The molecule has 5 rings (SSSR count). The molecule has 0 aliphatic carbocycles. The van der Waals surface area contributed by atoms with E-state index in [-0.39, 0.29) is 23.3 Å². The van der Waals surface area contributed by atoms with Crippen molar-refractivity contribution in [2.24, 2.45) is 0 Å². The number of thiophene rings is 1. The first-order valence-electron chi connectivity index (χ1n) is 10.7. The fraction of sp³-hybridized carbons (Fsp3) is 0.292. The van der Waals surface area contributed by atoms with Crippen molar-refractivity contribution in [2.45, 2.75) is 37.2 Å². The number of nitrogens with one attached hydrogen (secondary N) is 1. The number of thioether (sulfide) groups is 1. The molecule has 1 atom stereocenters. The van der Waals surface area contributed by atoms with Crippen LogP contribution in [0.1, 0.15) is 18.4 Å². The second kappa shape index (κ2) is 9.44. The van der Waals surface area contributed by atoms with Crippen LogP contribution in [0.5, 0.6) is 0 Å². The number of carbonyl (C=O) groups excluding carboxylic acids is 1. The van der Waals surface area contributed by atoms with E-state index in [2.05, 4.69) is 5.32 Å². The Labute approximate surface area is 193 Å². The lowest BCUT2D eigenvalue weighted by Crippen LogP contribution is -2.29. The average molecular weight is 466 g/mol. The molecule has 1 fully saturated rings. The molecule has 2 aromatic carbocycles. The van der Waals surface area contributed by atoms with Gasteiger partial charge in [-0.1, -0.05) is 60.3 Å². The number of ether oxygens (including phenoxy) is 1. The zero-order chi connectivity index (χ0) is 21.9. The maximum atomic E-state index is 13.4. The van der Waals surface area contributed by atoms with E-state index in [1.165, 1.54) is 23.1 Å². The summed E-state index contributed by atoms with van der Waals surface area (Å²) in [6.45, 7) is 1.66. The summed E-state index contributed by atoms with van der Waals surface area (Å²) in [5.74, 6) is 0.102. The molecule has 0 radical (unpaired) electrons. The van der Waals surface area contributed by atoms with Crippen molar-refractivity contribution in [3.05, 3.63) is 70.5 Å². The number of fused-ring (bicyclic) bond motifs is 3. The van der Waals surface area contributed by atoms with Gasteiger partial charge >= 0.3 is 0 Å². The van der Waals surface area contributed by atoms with E-state index in [1.54, 1.807) is 4.57 Å². The van der Waals surface area contributed by atoms with Crippen LogP contribution in [-0.2, 0) is 22.6 Å². The third kappa shape index (κ3) is 4.44. The van der Waals surface area contributed by atoms with Gasteiger partial charge < -0.3 is 10.1 Å². The SMILES string of the molecule is O=C(CSc1nc2c(sc3ccccc32)c(=O)n1C[C@H]1CCCO1)NCc1ccccc1. The number of rotatable bonds is 7. The zero-order valence-electron chi connectivity index (χ0n) is 17.5. The third-order valence-corrected chi connectivity index (χ3v) is 7.65. The molecule has 2 aromatic heterocycles. The minimum Gasteiger partial charge on any atom is -0.376 e. The van der Waals surface area contributed by atoms with Crippen LogP contribution >= 0.6 is 23.1 Å². The quantitative estimate of drug-likeness (QED) is 0.327. The van der Waals surface area contributed by atoms with E-state index < -0.39 is 0 Å². The Morgan fingerprint density at radius 3 is 2.81 bits per heavy atom. The third-order valence-electron chi connectivity index (χ3n) is 5.52. The Morgan fingerprint density at radius 2 is 2.00 bits per heavy atom. The number of nitrogens with zero attached hydrogens (tertiary/aromatic N) is 2. The molecule has 1 amide bonds. The van der Waals surface area contributed by atoms with E-state index in [0.29, 0.717) is 28.5 Å². The monoisotopic (exact) mass is 465 g/mol. The molecular formula is C24H23N3O3S2. The van der Waals surface area contributed by atoms with Crippen molar-refractivity contribution in [3.63, 3.8) is 0 Å². The van der Waals surface area contributed by atoms with Gasteiger partial charge in [0, 0.05) is 23.2 Å². The molecule has 0 saturated carbocycles. The smallest absolute Gasteiger partial charge is 0.272 e. The lowest BCUT2D eigenvalue weighted by Gasteiger charge is -2.15. The Kier molecular flexibility index (Phi) is 6.25. The van der Waals surface area contributed by atoms with E-state index in [0.717, 1.165) is 35.1 Å². The Hall–Kier alpha value is -2.68. The molecule has 4 aromatic rings. The molecule has 8 heteroatoms. The van der Waals surface area contributed by atoms with Crippen molar-refractivity contribution in [1.82, 2.24) is 14.9 Å². The molecule has 0 spiro atoms. The summed E-state index contributed by atoms with van der Waals surface area (Å²) in [4.78, 5) is 30.8. The summed E-state index contributed by atoms with van der Waals surface area (Å²) in [7, 11) is 0. The normalized spacial score (nSPS) is 16.1. The molecular weight excluding hydrogens is 442 g/mol. The second-order valence-electron chi connectivity index (χ2n) is 7.77. The van der Waals surface area contributed by atoms with E-state index >= 15 is 0 Å². The van der Waals surface area contributed by atoms with Crippen LogP contribution in [0.4, 0.5) is 0 Å². The fourth-order valence-corrected chi connectivity index (χ4v) is 5.82. The lowest BCUT2D eigenvalue weighted by molar-refractivity contribution is -0.118. The molecule has 1 saturated heterocycles. The molecule has 1 aliphatic heterocycles. The van der Waals surface area contributed by atoms with Gasteiger partial charge in [0.15, 0.2) is 5.16 Å². The standard InChI is InChI=1S/C24H23N3O3S2/c28-20(25-13-16-7-2-1-3-8-16)15-31-24-26-21-18-10-4-5-11-19(18)32-22(21)23(29)27(24)14-17-9-6-12-30-17/h1-5,7-8,10-11,17H,6,9,12-15H2,(H,25,28)/t17-/m1/s1. The van der Waals surface area contributed by atoms with Gasteiger partial charge in [0.2, 0.25) is 5.91 Å². The highest BCUT2D eigenvalue weighted by molar-refractivity contribution is 7.99. The molecule has 0 bridgehead atoms. The minimum absolute atomic E-state index is 0.00702. The molecule has 6 nitrogen and oxygen atoms in total. The van der Waals surface area contributed by atoms with Crippen LogP contribution in [-0.4, -0.2) is 33.9 Å². The number of carbonyl (C=O) groups is 1. The average Bonchev–Trinajstić information content (AvgIpc) is 3.47. The van der Waals surface area contributed by atoms with Crippen LogP contribution in [0.3, 0.4) is 0 Å². The van der Waals surface area contributed by atoms with Gasteiger partial charge in [0.25, 0.3) is 5.56 Å². The number of amides is 1. The van der Waals surface area contributed by atoms with Crippen LogP contribution < -0.4 is 10.9 Å². The number of hydrogen-bond donors (Lipinski definition) is 1. The van der Waals surface area contributed by atoms with Gasteiger partial charge in [-0.3, -0.25) is 14.2 Å². The molecule has 1 N–H and O–H groups in total. The highest BCUT2D eigenvalue weighted by atomic mass is 32.2. The summed E-state index contributed by atoms with van der Waals surface area (Å²) < 4.78 is 9.17. The van der Waals surface area contributed by atoms with Crippen molar-refractivity contribution in [2.75, 3.05) is 12.4 Å². The van der Waals surface area contributed by atoms with Gasteiger partial charge in [0.1, 0.15) is 4.70 Å². The summed E-state index contributed by atoms with van der Waals surface area (Å²) in [5, 5.41) is 4.48. The Bertz CT molecular complexity index is 1310. The Morgan fingerprint density at radius 1 is 1.19 bits per heavy atom. The predicted octanol–water partition coefficient (Wildman–Crippen LogP) is 4.20. The van der Waals surface area contributed by atoms with Gasteiger partial charge in [-0.15, -0.1) is 11.3 Å². The lowest BCUT2D eigenvalue weighted by atomic mass is 10.2. The van der Waals surface area contributed by atoms with Crippen molar-refractivity contribution < 1.29 is 9.53 Å². The number of hydrogen-bond acceptors (Lipinski definition) is 6. The topological polar surface area (TPSA) is 73.2 Å². The highest BCUT2D eigenvalue weighted by Gasteiger charge is 2.22. The minimum atomic E-state index is -0.0907. The first-order valence-corrected chi connectivity index (χ1v) is 12.5. The number of aromatic nitrogens is 2. The van der Waals surface area contributed by atoms with E-state index in [9.17, 15) is 9.59 Å². The summed E-state index contributed by atoms with van der Waals surface area (Å²) in [6, 6.07) is 17.7. The molecule has 0 unspecified atom stereocenters. The zero-order valence-corrected chi connectivity index (χ0v) is 19.1. The number of benzene rings is 2. The van der Waals surface area contributed by atoms with Gasteiger partial charge in [-0.05, 0) is 24.5 Å². The Balaban J connectivity index is 1.42. The first kappa shape index (κ1) is 21.2. The van der Waals surface area contributed by atoms with Crippen molar-refractivity contribution in [3.8, 4) is 0 Å². The fourth-order valence-electron chi connectivity index (χ4n) is 3.89. The highest BCUT2D eigenvalue weighted by Crippen LogP contribution is 2.32. The largest absolute Gasteiger partial charge is 0.376 e. The van der Waals surface area contributed by atoms with Crippen LogP contribution in [0.15, 0.2) is 64.5 Å². The van der Waals surface area contributed by atoms with Crippen LogP contribution in [0, 0.1) is 0 Å². The molecule has 1 aliphatic rings. The molecule has 3 heterocycles. The van der Waals surface area contributed by atoms with Gasteiger partial charge in [-0.25, -0.2) is 4.98 Å². The van der Waals surface area contributed by atoms with Crippen molar-refractivity contribution >= 4 is 49.3 Å².